The van der Waals surface area contributed by atoms with Gasteiger partial charge in [0.1, 0.15) is 5.82 Å². The average Bonchev–Trinajstić information content (AvgIpc) is 2.94. The summed E-state index contributed by atoms with van der Waals surface area (Å²) in [6.45, 7) is 2.31. The fraction of sp³-hybridized carbons (Fsp3) is 0.476. The summed E-state index contributed by atoms with van der Waals surface area (Å²) in [5, 5.41) is 4.72. The van der Waals surface area contributed by atoms with Crippen molar-refractivity contribution in [2.75, 3.05) is 0 Å². The van der Waals surface area contributed by atoms with Crippen LogP contribution in [0.25, 0.3) is 5.52 Å². The summed E-state index contributed by atoms with van der Waals surface area (Å²) in [4.78, 5) is 19.7. The summed E-state index contributed by atoms with van der Waals surface area (Å²) in [7, 11) is 0. The van der Waals surface area contributed by atoms with Gasteiger partial charge in [-0.05, 0) is 43.1 Å². The molecule has 4 rings (SSSR count). The highest BCUT2D eigenvalue weighted by Crippen LogP contribution is 2.38. The van der Waals surface area contributed by atoms with E-state index >= 15 is 0 Å². The molecule has 142 valence electrons. The summed E-state index contributed by atoms with van der Waals surface area (Å²) in [6.07, 6.45) is 8.72. The lowest BCUT2D eigenvalue weighted by Crippen LogP contribution is -2.22. The molecule has 3 unspecified atom stereocenters. The molecular weight excluding hydrogens is 451 g/mol. The third kappa shape index (κ3) is 4.10. The van der Waals surface area contributed by atoms with E-state index in [0.717, 1.165) is 28.4 Å². The second-order valence-corrected chi connectivity index (χ2v) is 8.77. The van der Waals surface area contributed by atoms with Gasteiger partial charge in [-0.15, -0.1) is 0 Å². The minimum atomic E-state index is -0.0903. The van der Waals surface area contributed by atoms with Crippen LogP contribution in [-0.4, -0.2) is 19.6 Å². The van der Waals surface area contributed by atoms with Crippen molar-refractivity contribution in [3.05, 3.63) is 62.1 Å². The van der Waals surface area contributed by atoms with Gasteiger partial charge in [0.05, 0.1) is 6.20 Å². The zero-order valence-electron chi connectivity index (χ0n) is 15.6. The monoisotopic (exact) mass is 476 g/mol. The SMILES string of the molecule is CC1CC(CCc2ccccc2)CCCC1c1nn2c(I)ncc2c(=O)[nH]1. The van der Waals surface area contributed by atoms with Crippen LogP contribution in [0.3, 0.4) is 0 Å². The van der Waals surface area contributed by atoms with Gasteiger partial charge in [0.25, 0.3) is 5.56 Å². The van der Waals surface area contributed by atoms with Crippen molar-refractivity contribution in [1.82, 2.24) is 19.6 Å². The van der Waals surface area contributed by atoms with E-state index in [0.29, 0.717) is 17.4 Å². The molecule has 1 aromatic carbocycles. The fourth-order valence-electron chi connectivity index (χ4n) is 4.46. The summed E-state index contributed by atoms with van der Waals surface area (Å²) >= 11 is 2.13. The normalized spacial score (nSPS) is 23.4. The number of aromatic nitrogens is 4. The molecule has 2 aromatic heterocycles. The van der Waals surface area contributed by atoms with Crippen LogP contribution in [0, 0.1) is 15.7 Å². The van der Waals surface area contributed by atoms with Crippen LogP contribution in [0.4, 0.5) is 0 Å². The van der Waals surface area contributed by atoms with Gasteiger partial charge in [-0.25, -0.2) is 9.50 Å². The Morgan fingerprint density at radius 1 is 1.26 bits per heavy atom. The lowest BCUT2D eigenvalue weighted by Gasteiger charge is -2.22. The summed E-state index contributed by atoms with van der Waals surface area (Å²) in [5.41, 5.74) is 1.86. The first kappa shape index (κ1) is 18.7. The van der Waals surface area contributed by atoms with Crippen LogP contribution in [0.5, 0.6) is 0 Å². The molecule has 3 aromatic rings. The number of imidazole rings is 1. The number of halogens is 1. The number of fused-ring (bicyclic) bond motifs is 1. The number of hydrogen-bond acceptors (Lipinski definition) is 3. The molecule has 27 heavy (non-hydrogen) atoms. The summed E-state index contributed by atoms with van der Waals surface area (Å²) in [5.74, 6) is 2.38. The maximum Gasteiger partial charge on any atom is 0.276 e. The number of hydrogen-bond donors (Lipinski definition) is 1. The van der Waals surface area contributed by atoms with Crippen molar-refractivity contribution in [3.8, 4) is 0 Å². The maximum atomic E-state index is 12.4. The predicted octanol–water partition coefficient (Wildman–Crippen LogP) is 4.56. The minimum absolute atomic E-state index is 0.0903. The van der Waals surface area contributed by atoms with Gasteiger partial charge < -0.3 is 4.98 Å². The van der Waals surface area contributed by atoms with E-state index in [1.807, 2.05) is 0 Å². The summed E-state index contributed by atoms with van der Waals surface area (Å²) < 4.78 is 2.41. The largest absolute Gasteiger partial charge is 0.307 e. The van der Waals surface area contributed by atoms with Crippen molar-refractivity contribution in [2.45, 2.75) is 51.4 Å². The Kier molecular flexibility index (Phi) is 5.61. The zero-order chi connectivity index (χ0) is 18.8. The number of nitrogens with zero attached hydrogens (tertiary/aromatic N) is 3. The van der Waals surface area contributed by atoms with Crippen molar-refractivity contribution in [1.29, 1.82) is 0 Å². The third-order valence-corrected chi connectivity index (χ3v) is 6.67. The Morgan fingerprint density at radius 3 is 2.89 bits per heavy atom. The van der Waals surface area contributed by atoms with Gasteiger partial charge in [-0.3, -0.25) is 4.79 Å². The molecule has 1 N–H and O–H groups in total. The van der Waals surface area contributed by atoms with Gasteiger partial charge in [-0.2, -0.15) is 5.10 Å². The molecule has 1 fully saturated rings. The third-order valence-electron chi connectivity index (χ3n) is 5.93. The van der Waals surface area contributed by atoms with E-state index in [-0.39, 0.29) is 5.56 Å². The zero-order valence-corrected chi connectivity index (χ0v) is 17.7. The molecule has 1 saturated carbocycles. The Hall–Kier alpha value is -1.70. The van der Waals surface area contributed by atoms with Crippen molar-refractivity contribution in [2.24, 2.45) is 11.8 Å². The second-order valence-electron chi connectivity index (χ2n) is 7.80. The maximum absolute atomic E-state index is 12.4. The van der Waals surface area contributed by atoms with Gasteiger partial charge >= 0.3 is 0 Å². The van der Waals surface area contributed by atoms with Crippen LogP contribution in [0.2, 0.25) is 0 Å². The molecule has 0 radical (unpaired) electrons. The number of aromatic amines is 1. The molecule has 0 spiro atoms. The molecule has 2 heterocycles. The number of aryl methyl sites for hydroxylation is 1. The fourth-order valence-corrected chi connectivity index (χ4v) is 4.96. The Balaban J connectivity index is 1.49. The number of rotatable bonds is 4. The van der Waals surface area contributed by atoms with Crippen molar-refractivity contribution < 1.29 is 0 Å². The van der Waals surface area contributed by atoms with Crippen LogP contribution in [-0.2, 0) is 6.42 Å². The first-order valence-corrected chi connectivity index (χ1v) is 10.9. The number of nitrogens with one attached hydrogen (secondary N) is 1. The molecule has 0 aliphatic heterocycles. The molecule has 0 amide bonds. The molecule has 0 bridgehead atoms. The summed E-state index contributed by atoms with van der Waals surface area (Å²) in [6, 6.07) is 10.8. The van der Waals surface area contributed by atoms with E-state index in [4.69, 9.17) is 5.10 Å². The van der Waals surface area contributed by atoms with Crippen molar-refractivity contribution in [3.63, 3.8) is 0 Å². The lowest BCUT2D eigenvalue weighted by molar-refractivity contribution is 0.346. The van der Waals surface area contributed by atoms with Crippen molar-refractivity contribution >= 4 is 28.1 Å². The molecule has 3 atom stereocenters. The van der Waals surface area contributed by atoms with Gasteiger partial charge in [0.2, 0.25) is 0 Å². The highest BCUT2D eigenvalue weighted by atomic mass is 127. The van der Waals surface area contributed by atoms with E-state index < -0.39 is 0 Å². The average molecular weight is 476 g/mol. The predicted molar refractivity (Wildman–Crippen MR) is 115 cm³/mol. The topological polar surface area (TPSA) is 63.1 Å². The first-order valence-electron chi connectivity index (χ1n) is 9.79. The van der Waals surface area contributed by atoms with E-state index in [2.05, 4.69) is 69.8 Å². The highest BCUT2D eigenvalue weighted by molar-refractivity contribution is 14.1. The molecular formula is C21H25IN4O. The Labute approximate surface area is 172 Å². The van der Waals surface area contributed by atoms with Crippen LogP contribution < -0.4 is 5.56 Å². The van der Waals surface area contributed by atoms with Gasteiger partial charge in [-0.1, -0.05) is 50.1 Å². The smallest absolute Gasteiger partial charge is 0.276 e. The molecule has 6 heteroatoms. The number of benzene rings is 1. The Bertz CT molecular complexity index is 965. The minimum Gasteiger partial charge on any atom is -0.307 e. The Morgan fingerprint density at radius 2 is 2.07 bits per heavy atom. The highest BCUT2D eigenvalue weighted by Gasteiger charge is 2.28. The van der Waals surface area contributed by atoms with Gasteiger partial charge in [0.15, 0.2) is 9.35 Å². The van der Waals surface area contributed by atoms with Gasteiger partial charge in [0, 0.05) is 28.5 Å². The van der Waals surface area contributed by atoms with E-state index in [1.54, 1.807) is 10.7 Å². The van der Waals surface area contributed by atoms with E-state index in [1.165, 1.54) is 31.2 Å². The number of H-pyrrole nitrogens is 1. The van der Waals surface area contributed by atoms with Crippen LogP contribution in [0.1, 0.15) is 56.3 Å². The quantitative estimate of drug-likeness (QED) is 0.444. The van der Waals surface area contributed by atoms with Crippen LogP contribution >= 0.6 is 22.6 Å². The van der Waals surface area contributed by atoms with Crippen LogP contribution in [0.15, 0.2) is 41.3 Å². The lowest BCUT2D eigenvalue weighted by atomic mass is 9.85. The second kappa shape index (κ2) is 8.12. The standard InChI is InChI=1S/C21H25IN4O/c1-14-12-16(11-10-15-6-3-2-4-7-15)8-5-9-17(14)19-24-20(27)18-13-23-21(22)26(18)25-19/h2-4,6-7,13-14,16-17H,5,8-12H2,1H3,(H,24,25,27). The van der Waals surface area contributed by atoms with E-state index in [9.17, 15) is 4.79 Å². The molecule has 0 saturated heterocycles. The molecule has 1 aliphatic carbocycles. The molecule has 1 aliphatic rings. The molecule has 5 nitrogen and oxygen atoms in total. The first-order chi connectivity index (χ1) is 13.1.